The normalized spacial score (nSPS) is 10.5. The van der Waals surface area contributed by atoms with Gasteiger partial charge in [-0.3, -0.25) is 0 Å². The fourth-order valence-corrected chi connectivity index (χ4v) is 1.56. The molecule has 2 rings (SSSR count). The van der Waals surface area contributed by atoms with Gasteiger partial charge in [-0.1, -0.05) is 23.7 Å². The zero-order valence-corrected chi connectivity index (χ0v) is 8.80. The number of para-hydroxylation sites is 1. The van der Waals surface area contributed by atoms with Crippen LogP contribution < -0.4 is 4.74 Å². The predicted octanol–water partition coefficient (Wildman–Crippen LogP) is 3.21. The second-order valence-electron chi connectivity index (χ2n) is 3.13. The van der Waals surface area contributed by atoms with E-state index in [1.807, 2.05) is 31.2 Å². The van der Waals surface area contributed by atoms with Crippen LogP contribution in [0.3, 0.4) is 0 Å². The summed E-state index contributed by atoms with van der Waals surface area (Å²) >= 11 is 5.95. The molecule has 0 amide bonds. The lowest BCUT2D eigenvalue weighted by atomic mass is 10.1. The van der Waals surface area contributed by atoms with Gasteiger partial charge in [-0.05, 0) is 24.6 Å². The van der Waals surface area contributed by atoms with Gasteiger partial charge in [0.2, 0.25) is 0 Å². The van der Waals surface area contributed by atoms with Crippen molar-refractivity contribution in [3.05, 3.63) is 35.0 Å². The number of nitrogens with zero attached hydrogens (tertiary/aromatic N) is 1. The predicted molar refractivity (Wildman–Crippen MR) is 58.0 cm³/mol. The van der Waals surface area contributed by atoms with Gasteiger partial charge >= 0.3 is 0 Å². The van der Waals surface area contributed by atoms with E-state index in [4.69, 9.17) is 16.3 Å². The Bertz CT molecular complexity index is 482. The number of aryl methyl sites for hydroxylation is 1. The van der Waals surface area contributed by atoms with Crippen molar-refractivity contribution in [2.24, 2.45) is 0 Å². The molecule has 0 aliphatic heterocycles. The van der Waals surface area contributed by atoms with Gasteiger partial charge in [0.1, 0.15) is 16.4 Å². The summed E-state index contributed by atoms with van der Waals surface area (Å²) in [4.78, 5) is 4.29. The Morgan fingerprint density at radius 3 is 2.86 bits per heavy atom. The van der Waals surface area contributed by atoms with Crippen LogP contribution in [0.2, 0.25) is 5.15 Å². The number of pyridine rings is 1. The molecule has 0 unspecified atom stereocenters. The second-order valence-corrected chi connectivity index (χ2v) is 3.49. The van der Waals surface area contributed by atoms with Crippen molar-refractivity contribution in [1.82, 2.24) is 4.98 Å². The fraction of sp³-hybridized carbons (Fsp3) is 0.182. The molecular formula is C11H10ClNO. The molecule has 0 saturated carbocycles. The molecule has 2 nitrogen and oxygen atoms in total. The first-order valence-electron chi connectivity index (χ1n) is 4.32. The van der Waals surface area contributed by atoms with E-state index in [0.717, 1.165) is 22.2 Å². The molecule has 0 aliphatic rings. The molecule has 0 bridgehead atoms. The number of benzene rings is 1. The lowest BCUT2D eigenvalue weighted by molar-refractivity contribution is 0.419. The molecule has 14 heavy (non-hydrogen) atoms. The summed E-state index contributed by atoms with van der Waals surface area (Å²) in [5.74, 6) is 0.754. The van der Waals surface area contributed by atoms with E-state index in [1.165, 1.54) is 0 Å². The zero-order chi connectivity index (χ0) is 10.1. The lowest BCUT2D eigenvalue weighted by Gasteiger charge is -2.05. The number of aromatic nitrogens is 1. The monoisotopic (exact) mass is 207 g/mol. The Labute approximate surface area is 87.5 Å². The first kappa shape index (κ1) is 9.28. The van der Waals surface area contributed by atoms with E-state index in [9.17, 15) is 0 Å². The Balaban J connectivity index is 2.81. The first-order valence-corrected chi connectivity index (χ1v) is 4.70. The largest absolute Gasteiger partial charge is 0.494 e. The van der Waals surface area contributed by atoms with Crippen molar-refractivity contribution in [3.63, 3.8) is 0 Å². The van der Waals surface area contributed by atoms with Crippen LogP contribution in [0, 0.1) is 6.92 Å². The third-order valence-corrected chi connectivity index (χ3v) is 2.54. The number of hydrogen-bond donors (Lipinski definition) is 0. The smallest absolute Gasteiger partial charge is 0.145 e. The maximum absolute atomic E-state index is 5.95. The molecule has 72 valence electrons. The standard InChI is InChI=1S/C11H10ClNO/c1-7-6-8-4-3-5-9(14-2)10(8)13-11(7)12/h3-6H,1-2H3. The third-order valence-electron chi connectivity index (χ3n) is 2.16. The number of halogens is 1. The summed E-state index contributed by atoms with van der Waals surface area (Å²) in [7, 11) is 1.63. The summed E-state index contributed by atoms with van der Waals surface area (Å²) in [6, 6.07) is 7.82. The number of rotatable bonds is 1. The van der Waals surface area contributed by atoms with Gasteiger partial charge in [0.15, 0.2) is 0 Å². The van der Waals surface area contributed by atoms with Crippen LogP contribution in [0.25, 0.3) is 10.9 Å². The molecule has 0 aliphatic carbocycles. The van der Waals surface area contributed by atoms with Crippen LogP contribution in [-0.2, 0) is 0 Å². The summed E-state index contributed by atoms with van der Waals surface area (Å²) in [6.07, 6.45) is 0. The van der Waals surface area contributed by atoms with E-state index < -0.39 is 0 Å². The van der Waals surface area contributed by atoms with Gasteiger partial charge in [0.05, 0.1) is 7.11 Å². The molecule has 0 fully saturated rings. The summed E-state index contributed by atoms with van der Waals surface area (Å²) in [5, 5.41) is 1.58. The van der Waals surface area contributed by atoms with E-state index in [2.05, 4.69) is 4.98 Å². The Morgan fingerprint density at radius 1 is 1.36 bits per heavy atom. The van der Waals surface area contributed by atoms with Crippen molar-refractivity contribution in [2.75, 3.05) is 7.11 Å². The van der Waals surface area contributed by atoms with Crippen LogP contribution in [0.5, 0.6) is 5.75 Å². The maximum Gasteiger partial charge on any atom is 0.145 e. The summed E-state index contributed by atoms with van der Waals surface area (Å²) in [5.41, 5.74) is 1.79. The maximum atomic E-state index is 5.95. The molecule has 0 spiro atoms. The molecule has 1 aromatic heterocycles. The molecule has 0 radical (unpaired) electrons. The van der Waals surface area contributed by atoms with E-state index in [-0.39, 0.29) is 0 Å². The highest BCUT2D eigenvalue weighted by molar-refractivity contribution is 6.30. The quantitative estimate of drug-likeness (QED) is 0.670. The van der Waals surface area contributed by atoms with Gasteiger partial charge in [0.25, 0.3) is 0 Å². The summed E-state index contributed by atoms with van der Waals surface area (Å²) < 4.78 is 5.20. The van der Waals surface area contributed by atoms with Crippen molar-refractivity contribution < 1.29 is 4.74 Å². The van der Waals surface area contributed by atoms with Crippen molar-refractivity contribution in [1.29, 1.82) is 0 Å². The summed E-state index contributed by atoms with van der Waals surface area (Å²) in [6.45, 7) is 1.94. The van der Waals surface area contributed by atoms with E-state index in [1.54, 1.807) is 7.11 Å². The Morgan fingerprint density at radius 2 is 2.14 bits per heavy atom. The van der Waals surface area contributed by atoms with Crippen LogP contribution in [0.1, 0.15) is 5.56 Å². The minimum absolute atomic E-state index is 0.530. The first-order chi connectivity index (χ1) is 6.72. The molecular weight excluding hydrogens is 198 g/mol. The minimum atomic E-state index is 0.530. The lowest BCUT2D eigenvalue weighted by Crippen LogP contribution is -1.89. The van der Waals surface area contributed by atoms with Gasteiger partial charge in [0, 0.05) is 5.39 Å². The molecule has 0 saturated heterocycles. The van der Waals surface area contributed by atoms with Gasteiger partial charge in [-0.25, -0.2) is 4.98 Å². The van der Waals surface area contributed by atoms with Crippen molar-refractivity contribution in [2.45, 2.75) is 6.92 Å². The van der Waals surface area contributed by atoms with Crippen LogP contribution >= 0.6 is 11.6 Å². The van der Waals surface area contributed by atoms with Gasteiger partial charge in [-0.15, -0.1) is 0 Å². The third kappa shape index (κ3) is 1.42. The fourth-order valence-electron chi connectivity index (χ4n) is 1.42. The average Bonchev–Trinajstić information content (AvgIpc) is 2.19. The Kier molecular flexibility index (Phi) is 2.30. The van der Waals surface area contributed by atoms with Gasteiger partial charge in [-0.2, -0.15) is 0 Å². The average molecular weight is 208 g/mol. The van der Waals surface area contributed by atoms with Crippen molar-refractivity contribution >= 4 is 22.5 Å². The molecule has 0 N–H and O–H groups in total. The molecule has 3 heteroatoms. The van der Waals surface area contributed by atoms with Crippen LogP contribution in [-0.4, -0.2) is 12.1 Å². The number of methoxy groups -OCH3 is 1. The highest BCUT2D eigenvalue weighted by Crippen LogP contribution is 2.26. The molecule has 2 aromatic rings. The minimum Gasteiger partial charge on any atom is -0.494 e. The SMILES string of the molecule is COc1cccc2cc(C)c(Cl)nc12. The van der Waals surface area contributed by atoms with Crippen molar-refractivity contribution in [3.8, 4) is 5.75 Å². The van der Waals surface area contributed by atoms with Crippen LogP contribution in [0.15, 0.2) is 24.3 Å². The Hall–Kier alpha value is -1.28. The highest BCUT2D eigenvalue weighted by atomic mass is 35.5. The van der Waals surface area contributed by atoms with E-state index >= 15 is 0 Å². The van der Waals surface area contributed by atoms with E-state index in [0.29, 0.717) is 5.15 Å². The second kappa shape index (κ2) is 3.46. The number of ether oxygens (including phenoxy) is 1. The topological polar surface area (TPSA) is 22.1 Å². The number of hydrogen-bond acceptors (Lipinski definition) is 2. The zero-order valence-electron chi connectivity index (χ0n) is 8.04. The van der Waals surface area contributed by atoms with Crippen LogP contribution in [0.4, 0.5) is 0 Å². The molecule has 0 atom stereocenters. The molecule has 1 aromatic carbocycles. The van der Waals surface area contributed by atoms with Gasteiger partial charge < -0.3 is 4.74 Å². The number of fused-ring (bicyclic) bond motifs is 1. The molecule has 1 heterocycles. The highest BCUT2D eigenvalue weighted by Gasteiger charge is 2.05.